The lowest BCUT2D eigenvalue weighted by molar-refractivity contribution is -0.134. The van der Waals surface area contributed by atoms with Crippen molar-refractivity contribution in [1.82, 2.24) is 18.8 Å². The average molecular weight is 447 g/mol. The quantitative estimate of drug-likeness (QED) is 0.651. The summed E-state index contributed by atoms with van der Waals surface area (Å²) in [6.45, 7) is 4.61. The molecule has 2 aromatic rings. The number of pyridine rings is 2. The Morgan fingerprint density at radius 3 is 2.48 bits per heavy atom. The molecule has 0 N–H and O–H groups in total. The number of sulfonamides is 1. The fourth-order valence-corrected chi connectivity index (χ4v) is 5.55. The maximum atomic E-state index is 13.3. The lowest BCUT2D eigenvalue weighted by Gasteiger charge is -2.30. The van der Waals surface area contributed by atoms with Crippen LogP contribution < -0.4 is 5.56 Å². The molecule has 31 heavy (non-hydrogen) atoms. The van der Waals surface area contributed by atoms with E-state index in [0.29, 0.717) is 19.6 Å². The van der Waals surface area contributed by atoms with Gasteiger partial charge in [0.2, 0.25) is 15.9 Å². The molecule has 0 aromatic carbocycles. The van der Waals surface area contributed by atoms with E-state index >= 15 is 0 Å². The van der Waals surface area contributed by atoms with E-state index in [0.717, 1.165) is 31.2 Å². The first kappa shape index (κ1) is 23.1. The van der Waals surface area contributed by atoms with Crippen LogP contribution in [0.3, 0.4) is 0 Å². The second kappa shape index (κ2) is 10.2. The summed E-state index contributed by atoms with van der Waals surface area (Å²) in [5.41, 5.74) is 0.623. The largest absolute Gasteiger partial charge is 0.334 e. The SMILES string of the molecule is CCN(CC)S(=O)(=O)c1ccc(=O)n(CC(=O)N2CCCCCC2c2ccncc2)c1. The number of nitrogens with zero attached hydrogens (tertiary/aromatic N) is 4. The summed E-state index contributed by atoms with van der Waals surface area (Å²) in [7, 11) is -3.72. The molecule has 1 aliphatic rings. The van der Waals surface area contributed by atoms with Gasteiger partial charge in [0.05, 0.1) is 10.9 Å². The van der Waals surface area contributed by atoms with E-state index in [2.05, 4.69) is 4.98 Å². The second-order valence-corrected chi connectivity index (χ2v) is 9.59. The minimum Gasteiger partial charge on any atom is -0.334 e. The maximum Gasteiger partial charge on any atom is 0.251 e. The average Bonchev–Trinajstić information content (AvgIpc) is 3.02. The van der Waals surface area contributed by atoms with Crippen molar-refractivity contribution in [3.8, 4) is 0 Å². The first-order chi connectivity index (χ1) is 14.9. The van der Waals surface area contributed by atoms with E-state index in [1.807, 2.05) is 17.0 Å². The Labute approximate surface area is 183 Å². The van der Waals surface area contributed by atoms with Crippen LogP contribution in [0.25, 0.3) is 0 Å². The van der Waals surface area contributed by atoms with Crippen LogP contribution in [0.1, 0.15) is 51.1 Å². The zero-order valence-electron chi connectivity index (χ0n) is 18.1. The number of aromatic nitrogens is 2. The first-order valence-corrected chi connectivity index (χ1v) is 12.2. The summed E-state index contributed by atoms with van der Waals surface area (Å²) in [5, 5.41) is 0. The summed E-state index contributed by atoms with van der Waals surface area (Å²) >= 11 is 0. The molecule has 2 aromatic heterocycles. The summed E-state index contributed by atoms with van der Waals surface area (Å²) in [5.74, 6) is -0.191. The number of hydrogen-bond donors (Lipinski definition) is 0. The van der Waals surface area contributed by atoms with Gasteiger partial charge in [-0.3, -0.25) is 14.6 Å². The van der Waals surface area contributed by atoms with Gasteiger partial charge in [-0.25, -0.2) is 8.42 Å². The highest BCUT2D eigenvalue weighted by Crippen LogP contribution is 2.30. The van der Waals surface area contributed by atoms with E-state index < -0.39 is 15.6 Å². The van der Waals surface area contributed by atoms with Gasteiger partial charge in [0.25, 0.3) is 5.56 Å². The Hall–Kier alpha value is -2.52. The van der Waals surface area contributed by atoms with Crippen LogP contribution in [0.4, 0.5) is 0 Å². The number of hydrogen-bond acceptors (Lipinski definition) is 5. The van der Waals surface area contributed by atoms with Crippen molar-refractivity contribution < 1.29 is 13.2 Å². The fourth-order valence-electron chi connectivity index (χ4n) is 4.07. The fraction of sp³-hybridized carbons (Fsp3) is 0.500. The highest BCUT2D eigenvalue weighted by atomic mass is 32.2. The topological polar surface area (TPSA) is 92.6 Å². The molecular weight excluding hydrogens is 416 g/mol. The third kappa shape index (κ3) is 5.22. The predicted octanol–water partition coefficient (Wildman–Crippen LogP) is 2.42. The van der Waals surface area contributed by atoms with Gasteiger partial charge in [-0.15, -0.1) is 0 Å². The van der Waals surface area contributed by atoms with Gasteiger partial charge in [-0.1, -0.05) is 26.7 Å². The van der Waals surface area contributed by atoms with Gasteiger partial charge in [-0.05, 0) is 36.6 Å². The molecule has 0 saturated carbocycles. The molecule has 0 bridgehead atoms. The number of carbonyl (C=O) groups is 1. The Morgan fingerprint density at radius 2 is 1.81 bits per heavy atom. The molecule has 1 fully saturated rings. The van der Waals surface area contributed by atoms with E-state index in [1.165, 1.54) is 27.2 Å². The van der Waals surface area contributed by atoms with E-state index in [9.17, 15) is 18.0 Å². The van der Waals surface area contributed by atoms with Crippen LogP contribution >= 0.6 is 0 Å². The molecule has 8 nitrogen and oxygen atoms in total. The third-order valence-corrected chi connectivity index (χ3v) is 7.80. The zero-order chi connectivity index (χ0) is 22.4. The summed E-state index contributed by atoms with van der Waals surface area (Å²) in [6.07, 6.45) is 8.54. The monoisotopic (exact) mass is 446 g/mol. The van der Waals surface area contributed by atoms with Gasteiger partial charge >= 0.3 is 0 Å². The molecular formula is C22H30N4O4S. The van der Waals surface area contributed by atoms with E-state index in [1.54, 1.807) is 26.2 Å². The number of carbonyl (C=O) groups excluding carboxylic acids is 1. The molecule has 168 valence electrons. The Balaban J connectivity index is 1.89. The summed E-state index contributed by atoms with van der Waals surface area (Å²) in [4.78, 5) is 31.6. The number of likely N-dealkylation sites (tertiary alicyclic amines) is 1. The molecule has 3 heterocycles. The molecule has 1 aliphatic heterocycles. The molecule has 1 atom stereocenters. The van der Waals surface area contributed by atoms with Crippen LogP contribution in [0.2, 0.25) is 0 Å². The Morgan fingerprint density at radius 1 is 1.10 bits per heavy atom. The van der Waals surface area contributed by atoms with E-state index in [4.69, 9.17) is 0 Å². The lowest BCUT2D eigenvalue weighted by atomic mass is 10.0. The van der Waals surface area contributed by atoms with Crippen LogP contribution in [0.15, 0.2) is 52.5 Å². The number of rotatable bonds is 7. The molecule has 1 unspecified atom stereocenters. The Bertz CT molecular complexity index is 1050. The van der Waals surface area contributed by atoms with Crippen molar-refractivity contribution in [3.05, 3.63) is 58.8 Å². The van der Waals surface area contributed by atoms with Crippen molar-refractivity contribution >= 4 is 15.9 Å². The third-order valence-electron chi connectivity index (χ3n) is 5.77. The van der Waals surface area contributed by atoms with Gasteiger partial charge in [-0.2, -0.15) is 4.31 Å². The molecule has 1 saturated heterocycles. The maximum absolute atomic E-state index is 13.3. The molecule has 1 amide bonds. The first-order valence-electron chi connectivity index (χ1n) is 10.8. The molecule has 0 spiro atoms. The van der Waals surface area contributed by atoms with Crippen LogP contribution in [0, 0.1) is 0 Å². The number of amides is 1. The summed E-state index contributed by atoms with van der Waals surface area (Å²) < 4.78 is 28.2. The molecule has 3 rings (SSSR count). The normalized spacial score (nSPS) is 17.5. The minimum absolute atomic E-state index is 0.0187. The highest BCUT2D eigenvalue weighted by Gasteiger charge is 2.28. The van der Waals surface area contributed by atoms with Crippen LogP contribution in [-0.4, -0.2) is 52.7 Å². The summed E-state index contributed by atoms with van der Waals surface area (Å²) in [6, 6.07) is 6.28. The van der Waals surface area contributed by atoms with Crippen molar-refractivity contribution in [3.63, 3.8) is 0 Å². The standard InChI is InChI=1S/C22H30N4O4S/c1-3-25(4-2)31(29,30)19-9-10-21(27)24(16-19)17-22(28)26-15-7-5-6-8-20(26)18-11-13-23-14-12-18/h9-14,16,20H,3-8,15,17H2,1-2H3. The Kier molecular flexibility index (Phi) is 7.61. The molecule has 9 heteroatoms. The minimum atomic E-state index is -3.72. The van der Waals surface area contributed by atoms with Crippen molar-refractivity contribution in [1.29, 1.82) is 0 Å². The molecule has 0 aliphatic carbocycles. The smallest absolute Gasteiger partial charge is 0.251 e. The van der Waals surface area contributed by atoms with Crippen molar-refractivity contribution in [2.45, 2.75) is 57.0 Å². The van der Waals surface area contributed by atoms with Gasteiger partial charge < -0.3 is 9.47 Å². The van der Waals surface area contributed by atoms with Gasteiger partial charge in [0.1, 0.15) is 6.54 Å². The van der Waals surface area contributed by atoms with E-state index in [-0.39, 0.29) is 23.4 Å². The molecule has 0 radical (unpaired) electrons. The highest BCUT2D eigenvalue weighted by molar-refractivity contribution is 7.89. The van der Waals surface area contributed by atoms with Crippen molar-refractivity contribution in [2.75, 3.05) is 19.6 Å². The van der Waals surface area contributed by atoms with Crippen LogP contribution in [-0.2, 0) is 21.4 Å². The van der Waals surface area contributed by atoms with Crippen LogP contribution in [0.5, 0.6) is 0 Å². The van der Waals surface area contributed by atoms with Gasteiger partial charge in [0.15, 0.2) is 0 Å². The second-order valence-electron chi connectivity index (χ2n) is 7.65. The zero-order valence-corrected chi connectivity index (χ0v) is 18.9. The van der Waals surface area contributed by atoms with Crippen molar-refractivity contribution in [2.24, 2.45) is 0 Å². The van der Waals surface area contributed by atoms with Gasteiger partial charge in [0, 0.05) is 44.3 Å². The lowest BCUT2D eigenvalue weighted by Crippen LogP contribution is -2.39. The predicted molar refractivity (Wildman–Crippen MR) is 118 cm³/mol.